The number of rotatable bonds is 6. The summed E-state index contributed by atoms with van der Waals surface area (Å²) in [5.41, 5.74) is 0.726. The third-order valence-electron chi connectivity index (χ3n) is 2.25. The van der Waals surface area contributed by atoms with Gasteiger partial charge in [-0.1, -0.05) is 41.9 Å². The SMILES string of the molecule is CCCOc1ccccc1NC(=O)C(Br)CC. The fraction of sp³-hybridized carbons (Fsp3) is 0.462. The molecular formula is C13H18BrNO2. The molecule has 0 aliphatic rings. The van der Waals surface area contributed by atoms with E-state index in [4.69, 9.17) is 4.74 Å². The van der Waals surface area contributed by atoms with Crippen LogP contribution in [0.3, 0.4) is 0 Å². The highest BCUT2D eigenvalue weighted by Crippen LogP contribution is 2.24. The van der Waals surface area contributed by atoms with Gasteiger partial charge in [0.25, 0.3) is 0 Å². The zero-order chi connectivity index (χ0) is 12.7. The number of carbonyl (C=O) groups is 1. The number of amides is 1. The molecule has 1 unspecified atom stereocenters. The maximum Gasteiger partial charge on any atom is 0.238 e. The average Bonchev–Trinajstić information content (AvgIpc) is 2.36. The van der Waals surface area contributed by atoms with Gasteiger partial charge in [0.1, 0.15) is 5.75 Å². The Kier molecular flexibility index (Phi) is 6.05. The van der Waals surface area contributed by atoms with Crippen molar-refractivity contribution in [1.29, 1.82) is 0 Å². The van der Waals surface area contributed by atoms with Crippen LogP contribution in [0.2, 0.25) is 0 Å². The fourth-order valence-electron chi connectivity index (χ4n) is 1.30. The highest BCUT2D eigenvalue weighted by molar-refractivity contribution is 9.10. The van der Waals surface area contributed by atoms with Gasteiger partial charge in [-0.2, -0.15) is 0 Å². The normalized spacial score (nSPS) is 11.9. The van der Waals surface area contributed by atoms with Crippen molar-refractivity contribution in [1.82, 2.24) is 0 Å². The number of nitrogens with one attached hydrogen (secondary N) is 1. The minimum absolute atomic E-state index is 0.0416. The van der Waals surface area contributed by atoms with Crippen LogP contribution in [0, 0.1) is 0 Å². The van der Waals surface area contributed by atoms with Crippen molar-refractivity contribution in [2.24, 2.45) is 0 Å². The lowest BCUT2D eigenvalue weighted by Gasteiger charge is -2.13. The van der Waals surface area contributed by atoms with Gasteiger partial charge in [-0.3, -0.25) is 4.79 Å². The first-order valence-electron chi connectivity index (χ1n) is 5.85. The molecule has 0 spiro atoms. The van der Waals surface area contributed by atoms with Crippen LogP contribution in [0.15, 0.2) is 24.3 Å². The number of alkyl halides is 1. The molecule has 0 aliphatic carbocycles. The van der Waals surface area contributed by atoms with Crippen LogP contribution in [0.4, 0.5) is 5.69 Å². The van der Waals surface area contributed by atoms with Crippen LogP contribution in [0.1, 0.15) is 26.7 Å². The molecule has 0 saturated heterocycles. The molecule has 0 aliphatic heterocycles. The van der Waals surface area contributed by atoms with Crippen LogP contribution >= 0.6 is 15.9 Å². The van der Waals surface area contributed by atoms with Crippen LogP contribution in [0.5, 0.6) is 5.75 Å². The summed E-state index contributed by atoms with van der Waals surface area (Å²) >= 11 is 3.32. The Morgan fingerprint density at radius 1 is 1.41 bits per heavy atom. The largest absolute Gasteiger partial charge is 0.491 e. The second-order valence-electron chi connectivity index (χ2n) is 3.71. The van der Waals surface area contributed by atoms with Crippen LogP contribution < -0.4 is 10.1 Å². The van der Waals surface area contributed by atoms with Crippen LogP contribution in [-0.2, 0) is 4.79 Å². The predicted octanol–water partition coefficient (Wildman–Crippen LogP) is 3.59. The van der Waals surface area contributed by atoms with Gasteiger partial charge in [0, 0.05) is 0 Å². The summed E-state index contributed by atoms with van der Waals surface area (Å²) in [4.78, 5) is 11.6. The van der Waals surface area contributed by atoms with E-state index in [-0.39, 0.29) is 10.7 Å². The molecule has 1 N–H and O–H groups in total. The smallest absolute Gasteiger partial charge is 0.238 e. The van der Waals surface area contributed by atoms with Gasteiger partial charge in [0.2, 0.25) is 5.91 Å². The molecule has 0 bridgehead atoms. The number of para-hydroxylation sites is 2. The van der Waals surface area contributed by atoms with Gasteiger partial charge in [-0.05, 0) is 25.0 Å². The second-order valence-corrected chi connectivity index (χ2v) is 4.81. The second kappa shape index (κ2) is 7.33. The number of halogens is 1. The van der Waals surface area contributed by atoms with Gasteiger partial charge in [-0.25, -0.2) is 0 Å². The Labute approximate surface area is 111 Å². The summed E-state index contributed by atoms with van der Waals surface area (Å²) in [7, 11) is 0. The van der Waals surface area contributed by atoms with Gasteiger partial charge in [-0.15, -0.1) is 0 Å². The first-order chi connectivity index (χ1) is 8.19. The summed E-state index contributed by atoms with van der Waals surface area (Å²) in [5, 5.41) is 2.86. The first kappa shape index (κ1) is 14.0. The Bertz CT molecular complexity index is 368. The zero-order valence-electron chi connectivity index (χ0n) is 10.2. The quantitative estimate of drug-likeness (QED) is 0.815. The van der Waals surface area contributed by atoms with Gasteiger partial charge in [0.05, 0.1) is 17.1 Å². The molecule has 0 saturated carbocycles. The number of hydrogen-bond acceptors (Lipinski definition) is 2. The standard InChI is InChI=1S/C13H18BrNO2/c1-3-9-17-12-8-6-5-7-11(12)15-13(16)10(14)4-2/h5-8,10H,3-4,9H2,1-2H3,(H,15,16). The van der Waals surface area contributed by atoms with Gasteiger partial charge in [0.15, 0.2) is 0 Å². The predicted molar refractivity (Wildman–Crippen MR) is 73.9 cm³/mol. The third-order valence-corrected chi connectivity index (χ3v) is 3.31. The van der Waals surface area contributed by atoms with Gasteiger partial charge >= 0.3 is 0 Å². The summed E-state index contributed by atoms with van der Waals surface area (Å²) in [6, 6.07) is 7.48. The lowest BCUT2D eigenvalue weighted by Crippen LogP contribution is -2.22. The highest BCUT2D eigenvalue weighted by Gasteiger charge is 2.14. The van der Waals surface area contributed by atoms with E-state index in [9.17, 15) is 4.79 Å². The molecule has 1 amide bonds. The lowest BCUT2D eigenvalue weighted by atomic mass is 10.2. The number of hydrogen-bond donors (Lipinski definition) is 1. The summed E-state index contributed by atoms with van der Waals surface area (Å²) in [6.07, 6.45) is 1.70. The van der Waals surface area contributed by atoms with Crippen molar-refractivity contribution >= 4 is 27.5 Å². The molecule has 3 nitrogen and oxygen atoms in total. The van der Waals surface area contributed by atoms with E-state index in [2.05, 4.69) is 21.2 Å². The lowest BCUT2D eigenvalue weighted by molar-refractivity contribution is -0.115. The molecule has 0 radical (unpaired) electrons. The summed E-state index contributed by atoms with van der Waals surface area (Å²) in [5.74, 6) is 0.679. The maximum absolute atomic E-state index is 11.8. The van der Waals surface area contributed by atoms with Crippen molar-refractivity contribution in [3.63, 3.8) is 0 Å². The van der Waals surface area contributed by atoms with Crippen molar-refractivity contribution in [2.75, 3.05) is 11.9 Å². The van der Waals surface area contributed by atoms with Crippen molar-refractivity contribution < 1.29 is 9.53 Å². The third kappa shape index (κ3) is 4.38. The van der Waals surface area contributed by atoms with E-state index in [1.165, 1.54) is 0 Å². The Balaban J connectivity index is 2.72. The molecule has 0 heterocycles. The van der Waals surface area contributed by atoms with Crippen molar-refractivity contribution in [3.8, 4) is 5.75 Å². The summed E-state index contributed by atoms with van der Waals surface area (Å²) < 4.78 is 5.57. The monoisotopic (exact) mass is 299 g/mol. The molecule has 1 atom stereocenters. The first-order valence-corrected chi connectivity index (χ1v) is 6.77. The van der Waals surface area contributed by atoms with E-state index in [1.807, 2.05) is 38.1 Å². The van der Waals surface area contributed by atoms with E-state index >= 15 is 0 Å². The molecule has 1 rings (SSSR count). The Hall–Kier alpha value is -1.03. The number of carbonyl (C=O) groups excluding carboxylic acids is 1. The molecule has 1 aromatic carbocycles. The molecule has 1 aromatic rings. The fourth-order valence-corrected chi connectivity index (χ4v) is 1.42. The van der Waals surface area contributed by atoms with Crippen LogP contribution in [0.25, 0.3) is 0 Å². The van der Waals surface area contributed by atoms with E-state index < -0.39 is 0 Å². The molecule has 0 fully saturated rings. The molecule has 94 valence electrons. The van der Waals surface area contributed by atoms with Crippen molar-refractivity contribution in [3.05, 3.63) is 24.3 Å². The topological polar surface area (TPSA) is 38.3 Å². The minimum atomic E-state index is -0.165. The number of ether oxygens (including phenoxy) is 1. The van der Waals surface area contributed by atoms with E-state index in [0.717, 1.165) is 24.3 Å². The van der Waals surface area contributed by atoms with E-state index in [1.54, 1.807) is 0 Å². The molecular weight excluding hydrogens is 282 g/mol. The Morgan fingerprint density at radius 2 is 2.12 bits per heavy atom. The summed E-state index contributed by atoms with van der Waals surface area (Å²) in [6.45, 7) is 4.66. The molecule has 0 aromatic heterocycles. The minimum Gasteiger partial charge on any atom is -0.491 e. The van der Waals surface area contributed by atoms with Gasteiger partial charge < -0.3 is 10.1 Å². The van der Waals surface area contributed by atoms with Crippen LogP contribution in [-0.4, -0.2) is 17.3 Å². The molecule has 17 heavy (non-hydrogen) atoms. The molecule has 4 heteroatoms. The number of benzene rings is 1. The maximum atomic E-state index is 11.8. The average molecular weight is 300 g/mol. The Morgan fingerprint density at radius 3 is 2.76 bits per heavy atom. The highest BCUT2D eigenvalue weighted by atomic mass is 79.9. The number of anilines is 1. The van der Waals surface area contributed by atoms with E-state index in [0.29, 0.717) is 6.61 Å². The zero-order valence-corrected chi connectivity index (χ0v) is 11.8. The van der Waals surface area contributed by atoms with Crippen molar-refractivity contribution in [2.45, 2.75) is 31.5 Å².